The topological polar surface area (TPSA) is 41.9 Å². The van der Waals surface area contributed by atoms with Crippen LogP contribution in [-0.2, 0) is 9.53 Å². The first-order valence-corrected chi connectivity index (χ1v) is 6.47. The molecule has 6 heteroatoms. The highest BCUT2D eigenvalue weighted by atomic mass is 19.2. The fourth-order valence-electron chi connectivity index (χ4n) is 2.02. The van der Waals surface area contributed by atoms with Gasteiger partial charge in [-0.25, -0.2) is 13.6 Å². The van der Waals surface area contributed by atoms with E-state index in [4.69, 9.17) is 4.74 Å². The highest BCUT2D eigenvalue weighted by Crippen LogP contribution is 2.25. The number of likely N-dealkylation sites (N-methyl/N-ethyl adjacent to an activating group) is 1. The van der Waals surface area contributed by atoms with Crippen LogP contribution in [0.3, 0.4) is 0 Å². The molecule has 0 N–H and O–H groups in total. The van der Waals surface area contributed by atoms with E-state index in [1.807, 2.05) is 20.8 Å². The molecule has 0 fully saturated rings. The molecule has 1 aromatic rings. The molecular weight excluding hydrogens is 278 g/mol. The van der Waals surface area contributed by atoms with Gasteiger partial charge in [0.2, 0.25) is 0 Å². The van der Waals surface area contributed by atoms with Gasteiger partial charge in [0.15, 0.2) is 11.6 Å². The normalized spacial score (nSPS) is 13.3. The van der Waals surface area contributed by atoms with Crippen LogP contribution in [0.25, 0.3) is 0 Å². The first-order chi connectivity index (χ1) is 9.68. The molecule has 116 valence electrons. The molecule has 0 saturated carbocycles. The van der Waals surface area contributed by atoms with E-state index in [9.17, 15) is 13.6 Å². The lowest BCUT2D eigenvalue weighted by molar-refractivity contribution is -0.150. The molecule has 0 spiro atoms. The summed E-state index contributed by atoms with van der Waals surface area (Å²) in [5, 5.41) is 5.42. The molecule has 0 radical (unpaired) electrons. The Kier molecular flexibility index (Phi) is 5.41. The van der Waals surface area contributed by atoms with Gasteiger partial charge in [-0.1, -0.05) is 32.9 Å². The predicted molar refractivity (Wildman–Crippen MR) is 77.0 cm³/mol. The van der Waals surface area contributed by atoms with Gasteiger partial charge in [-0.2, -0.15) is 5.10 Å². The minimum Gasteiger partial charge on any atom is -0.467 e. The summed E-state index contributed by atoms with van der Waals surface area (Å²) in [4.78, 5) is 11.9. The largest absolute Gasteiger partial charge is 0.467 e. The van der Waals surface area contributed by atoms with Crippen LogP contribution in [0.15, 0.2) is 23.3 Å². The Hall–Kier alpha value is -1.98. The number of hydrogen-bond acceptors (Lipinski definition) is 4. The molecule has 0 aromatic heterocycles. The smallest absolute Gasteiger partial charge is 0.330 e. The molecule has 21 heavy (non-hydrogen) atoms. The third-order valence-electron chi connectivity index (χ3n) is 2.98. The number of methoxy groups -OCH3 is 1. The molecule has 0 aliphatic heterocycles. The Balaban J connectivity index is 3.01. The second kappa shape index (κ2) is 6.65. The molecular formula is C15H20F2N2O2. The lowest BCUT2D eigenvalue weighted by atomic mass is 9.86. The molecule has 1 aromatic carbocycles. The minimum atomic E-state index is -0.972. The fourth-order valence-corrected chi connectivity index (χ4v) is 2.02. The molecule has 0 aliphatic rings. The van der Waals surface area contributed by atoms with Crippen molar-refractivity contribution in [1.82, 2.24) is 5.01 Å². The standard InChI is InChI=1S/C15H20F2N2O2/c1-15(2,3)13(14(20)21-5)19(4)18-9-10-7-6-8-11(16)12(10)17/h6-9,13H,1-5H3/b18-9-/t13-/m1/s1. The molecule has 0 heterocycles. The van der Waals surface area contributed by atoms with E-state index in [0.29, 0.717) is 0 Å². The maximum atomic E-state index is 13.5. The number of rotatable bonds is 4. The first-order valence-electron chi connectivity index (χ1n) is 6.47. The van der Waals surface area contributed by atoms with Gasteiger partial charge in [0.1, 0.15) is 6.04 Å². The summed E-state index contributed by atoms with van der Waals surface area (Å²) >= 11 is 0. The third kappa shape index (κ3) is 4.24. The second-order valence-corrected chi connectivity index (χ2v) is 5.75. The Bertz CT molecular complexity index is 539. The van der Waals surface area contributed by atoms with E-state index in [-0.39, 0.29) is 5.56 Å². The van der Waals surface area contributed by atoms with Crippen LogP contribution in [0.5, 0.6) is 0 Å². The van der Waals surface area contributed by atoms with Crippen LogP contribution < -0.4 is 0 Å². The van der Waals surface area contributed by atoms with Crippen LogP contribution >= 0.6 is 0 Å². The van der Waals surface area contributed by atoms with E-state index in [1.54, 1.807) is 7.05 Å². The van der Waals surface area contributed by atoms with E-state index in [0.717, 1.165) is 6.07 Å². The summed E-state index contributed by atoms with van der Waals surface area (Å²) in [5.41, 5.74) is -0.418. The highest BCUT2D eigenvalue weighted by Gasteiger charge is 2.35. The molecule has 0 amide bonds. The van der Waals surface area contributed by atoms with Crippen molar-refractivity contribution in [3.8, 4) is 0 Å². The Morgan fingerprint density at radius 3 is 2.52 bits per heavy atom. The number of hydrazone groups is 1. The maximum Gasteiger partial charge on any atom is 0.330 e. The first kappa shape index (κ1) is 17.1. The van der Waals surface area contributed by atoms with Crippen molar-refractivity contribution in [3.05, 3.63) is 35.4 Å². The quantitative estimate of drug-likeness (QED) is 0.487. The number of carbonyl (C=O) groups is 1. The van der Waals surface area contributed by atoms with Gasteiger partial charge in [-0.3, -0.25) is 5.01 Å². The summed E-state index contributed by atoms with van der Waals surface area (Å²) < 4.78 is 31.4. The van der Waals surface area contributed by atoms with Crippen LogP contribution in [0.1, 0.15) is 26.3 Å². The van der Waals surface area contributed by atoms with E-state index in [1.165, 1.54) is 30.5 Å². The van der Waals surface area contributed by atoms with Crippen molar-refractivity contribution < 1.29 is 18.3 Å². The van der Waals surface area contributed by atoms with Crippen molar-refractivity contribution in [2.24, 2.45) is 10.5 Å². The van der Waals surface area contributed by atoms with Gasteiger partial charge >= 0.3 is 5.97 Å². The SMILES string of the molecule is COC(=O)[C@@H](N(C)/N=C\c1cccc(F)c1F)C(C)(C)C. The summed E-state index contributed by atoms with van der Waals surface area (Å²) in [6.45, 7) is 5.59. The van der Waals surface area contributed by atoms with Crippen molar-refractivity contribution in [2.45, 2.75) is 26.8 Å². The summed E-state index contributed by atoms with van der Waals surface area (Å²) in [7, 11) is 2.88. The Morgan fingerprint density at radius 1 is 1.38 bits per heavy atom. The Labute approximate surface area is 123 Å². The van der Waals surface area contributed by atoms with Crippen molar-refractivity contribution in [2.75, 3.05) is 14.2 Å². The fraction of sp³-hybridized carbons (Fsp3) is 0.467. The third-order valence-corrected chi connectivity index (χ3v) is 2.98. The van der Waals surface area contributed by atoms with Gasteiger partial charge < -0.3 is 4.74 Å². The predicted octanol–water partition coefficient (Wildman–Crippen LogP) is 2.82. The van der Waals surface area contributed by atoms with Crippen LogP contribution in [0, 0.1) is 17.0 Å². The number of hydrogen-bond donors (Lipinski definition) is 0. The number of carbonyl (C=O) groups excluding carboxylic acids is 1. The van der Waals surface area contributed by atoms with E-state index < -0.39 is 29.1 Å². The molecule has 0 unspecified atom stereocenters. The molecule has 1 atom stereocenters. The highest BCUT2D eigenvalue weighted by molar-refractivity contribution is 5.80. The summed E-state index contributed by atoms with van der Waals surface area (Å²) in [6.07, 6.45) is 1.18. The van der Waals surface area contributed by atoms with Gasteiger partial charge in [-0.05, 0) is 11.5 Å². The van der Waals surface area contributed by atoms with Crippen LogP contribution in [-0.4, -0.2) is 37.4 Å². The van der Waals surface area contributed by atoms with Crippen LogP contribution in [0.2, 0.25) is 0 Å². The van der Waals surface area contributed by atoms with Crippen molar-refractivity contribution >= 4 is 12.2 Å². The molecule has 0 bridgehead atoms. The maximum absolute atomic E-state index is 13.5. The zero-order valence-electron chi connectivity index (χ0n) is 12.9. The lowest BCUT2D eigenvalue weighted by Gasteiger charge is -2.33. The Morgan fingerprint density at radius 2 is 2.00 bits per heavy atom. The van der Waals surface area contributed by atoms with Gasteiger partial charge in [-0.15, -0.1) is 0 Å². The molecule has 1 rings (SSSR count). The van der Waals surface area contributed by atoms with E-state index in [2.05, 4.69) is 5.10 Å². The number of ether oxygens (including phenoxy) is 1. The van der Waals surface area contributed by atoms with Gasteiger partial charge in [0.25, 0.3) is 0 Å². The molecule has 4 nitrogen and oxygen atoms in total. The van der Waals surface area contributed by atoms with Crippen molar-refractivity contribution in [1.29, 1.82) is 0 Å². The number of nitrogens with zero attached hydrogens (tertiary/aromatic N) is 2. The zero-order chi connectivity index (χ0) is 16.2. The average molecular weight is 298 g/mol. The van der Waals surface area contributed by atoms with Gasteiger partial charge in [0.05, 0.1) is 13.3 Å². The minimum absolute atomic E-state index is 0.0133. The average Bonchev–Trinajstić information content (AvgIpc) is 2.38. The van der Waals surface area contributed by atoms with Crippen molar-refractivity contribution in [3.63, 3.8) is 0 Å². The molecule has 0 saturated heterocycles. The van der Waals surface area contributed by atoms with Crippen LogP contribution in [0.4, 0.5) is 8.78 Å². The number of benzene rings is 1. The summed E-state index contributed by atoms with van der Waals surface area (Å²) in [6, 6.07) is 3.18. The number of halogens is 2. The monoisotopic (exact) mass is 298 g/mol. The lowest BCUT2D eigenvalue weighted by Crippen LogP contribution is -2.45. The second-order valence-electron chi connectivity index (χ2n) is 5.75. The number of esters is 1. The summed E-state index contributed by atoms with van der Waals surface area (Å²) in [5.74, 6) is -2.36. The van der Waals surface area contributed by atoms with Gasteiger partial charge in [0, 0.05) is 12.6 Å². The van der Waals surface area contributed by atoms with E-state index >= 15 is 0 Å². The zero-order valence-corrected chi connectivity index (χ0v) is 12.9. The molecule has 0 aliphatic carbocycles.